The fourth-order valence-electron chi connectivity index (χ4n) is 3.86. The van der Waals surface area contributed by atoms with Crippen LogP contribution in [0.4, 0.5) is 13.2 Å². The first kappa shape index (κ1) is 24.0. The van der Waals surface area contributed by atoms with E-state index in [0.717, 1.165) is 18.4 Å². The van der Waals surface area contributed by atoms with Gasteiger partial charge in [-0.15, -0.1) is 6.58 Å². The van der Waals surface area contributed by atoms with E-state index in [1.165, 1.54) is 38.2 Å². The second-order valence-corrected chi connectivity index (χ2v) is 7.68. The standard InChI is InChI=1S/C21H25F3O3.C3H6/c1-2-26-20(25)17-13-16-11-10-15(9-8-14-6-4-3-5-7-14)12-18(16)27-19(17)21(22,23)24;1-3-2/h10-14,19H,2-9H2,1H3;3H,1H2,2H3. The molecule has 2 aliphatic rings. The minimum atomic E-state index is -4.69. The molecule has 6 heteroatoms. The van der Waals surface area contributed by atoms with Crippen molar-refractivity contribution in [1.82, 2.24) is 0 Å². The van der Waals surface area contributed by atoms with Gasteiger partial charge in [0.2, 0.25) is 6.10 Å². The van der Waals surface area contributed by atoms with Crippen LogP contribution in [0.2, 0.25) is 0 Å². The Labute approximate surface area is 177 Å². The van der Waals surface area contributed by atoms with Crippen molar-refractivity contribution in [1.29, 1.82) is 0 Å². The molecule has 0 saturated heterocycles. The summed E-state index contributed by atoms with van der Waals surface area (Å²) in [5.74, 6) is -0.118. The fourth-order valence-corrected chi connectivity index (χ4v) is 3.86. The lowest BCUT2D eigenvalue weighted by Crippen LogP contribution is -2.40. The second kappa shape index (κ2) is 11.2. The van der Waals surface area contributed by atoms with Gasteiger partial charge in [0.05, 0.1) is 12.2 Å². The fraction of sp³-hybridized carbons (Fsp3) is 0.542. The number of esters is 1. The Morgan fingerprint density at radius 2 is 1.93 bits per heavy atom. The molecule has 1 aromatic rings. The number of alkyl halides is 3. The van der Waals surface area contributed by atoms with Gasteiger partial charge in [-0.3, -0.25) is 0 Å². The maximum absolute atomic E-state index is 13.4. The van der Waals surface area contributed by atoms with Crippen LogP contribution in [0.25, 0.3) is 6.08 Å². The molecule has 1 aliphatic carbocycles. The summed E-state index contributed by atoms with van der Waals surface area (Å²) < 4.78 is 50.2. The van der Waals surface area contributed by atoms with E-state index in [2.05, 4.69) is 6.58 Å². The predicted molar refractivity (Wildman–Crippen MR) is 112 cm³/mol. The highest BCUT2D eigenvalue weighted by Gasteiger charge is 2.48. The molecule has 0 aromatic heterocycles. The highest BCUT2D eigenvalue weighted by Crippen LogP contribution is 2.38. The minimum absolute atomic E-state index is 0.00765. The van der Waals surface area contributed by atoms with Crippen molar-refractivity contribution in [2.45, 2.75) is 71.1 Å². The zero-order valence-corrected chi connectivity index (χ0v) is 17.8. The lowest BCUT2D eigenvalue weighted by Gasteiger charge is -2.28. The van der Waals surface area contributed by atoms with Crippen LogP contribution in [-0.4, -0.2) is 24.9 Å². The van der Waals surface area contributed by atoms with Gasteiger partial charge < -0.3 is 9.47 Å². The highest BCUT2D eigenvalue weighted by molar-refractivity contribution is 5.96. The van der Waals surface area contributed by atoms with Crippen LogP contribution in [0.5, 0.6) is 5.75 Å². The Bertz CT molecular complexity index is 747. The van der Waals surface area contributed by atoms with Gasteiger partial charge in [0.1, 0.15) is 5.75 Å². The summed E-state index contributed by atoms with van der Waals surface area (Å²) in [6.07, 6.45) is 4.20. The Morgan fingerprint density at radius 1 is 1.27 bits per heavy atom. The number of allylic oxidation sites excluding steroid dienone is 1. The van der Waals surface area contributed by atoms with E-state index in [9.17, 15) is 18.0 Å². The molecular formula is C24H31F3O3. The first-order chi connectivity index (χ1) is 14.3. The quantitative estimate of drug-likeness (QED) is 0.392. The molecule has 1 heterocycles. The lowest BCUT2D eigenvalue weighted by atomic mass is 9.85. The van der Waals surface area contributed by atoms with E-state index in [4.69, 9.17) is 9.47 Å². The van der Waals surface area contributed by atoms with Crippen molar-refractivity contribution < 1.29 is 27.4 Å². The molecule has 0 spiro atoms. The normalized spacial score (nSPS) is 18.8. The molecule has 0 radical (unpaired) electrons. The van der Waals surface area contributed by atoms with E-state index in [1.807, 2.05) is 13.0 Å². The molecule has 166 valence electrons. The third-order valence-corrected chi connectivity index (χ3v) is 5.29. The number of ether oxygens (including phenoxy) is 2. The number of hydrogen-bond donors (Lipinski definition) is 0. The van der Waals surface area contributed by atoms with Crippen molar-refractivity contribution in [3.63, 3.8) is 0 Å². The number of fused-ring (bicyclic) bond motifs is 1. The molecule has 0 bridgehead atoms. The van der Waals surface area contributed by atoms with Crippen LogP contribution >= 0.6 is 0 Å². The Kier molecular flexibility index (Phi) is 9.00. The summed E-state index contributed by atoms with van der Waals surface area (Å²) in [6, 6.07) is 5.30. The molecule has 1 aromatic carbocycles. The molecule has 1 atom stereocenters. The number of carbonyl (C=O) groups excluding carboxylic acids is 1. The zero-order chi connectivity index (χ0) is 22.1. The zero-order valence-electron chi connectivity index (χ0n) is 17.8. The van der Waals surface area contributed by atoms with Gasteiger partial charge in [0.15, 0.2) is 0 Å². The van der Waals surface area contributed by atoms with Crippen molar-refractivity contribution in [2.24, 2.45) is 5.92 Å². The average molecular weight is 425 g/mol. The molecule has 1 fully saturated rings. The van der Waals surface area contributed by atoms with Crippen molar-refractivity contribution in [3.05, 3.63) is 47.6 Å². The summed E-state index contributed by atoms with van der Waals surface area (Å²) in [5, 5.41) is 0. The maximum atomic E-state index is 13.4. The number of hydrogen-bond acceptors (Lipinski definition) is 3. The van der Waals surface area contributed by atoms with Crippen LogP contribution in [0.1, 0.15) is 63.5 Å². The number of aryl methyl sites for hydroxylation is 1. The van der Waals surface area contributed by atoms with E-state index in [-0.39, 0.29) is 12.4 Å². The first-order valence-electron chi connectivity index (χ1n) is 10.6. The van der Waals surface area contributed by atoms with Gasteiger partial charge in [0.25, 0.3) is 0 Å². The first-order valence-corrected chi connectivity index (χ1v) is 10.6. The van der Waals surface area contributed by atoms with Crippen LogP contribution < -0.4 is 4.74 Å². The highest BCUT2D eigenvalue weighted by atomic mass is 19.4. The Hall–Kier alpha value is -2.24. The molecule has 1 aliphatic heterocycles. The number of rotatable bonds is 5. The van der Waals surface area contributed by atoms with Crippen LogP contribution in [0.15, 0.2) is 36.4 Å². The summed E-state index contributed by atoms with van der Waals surface area (Å²) >= 11 is 0. The smallest absolute Gasteiger partial charge is 0.430 e. The summed E-state index contributed by atoms with van der Waals surface area (Å²) in [7, 11) is 0. The van der Waals surface area contributed by atoms with Crippen molar-refractivity contribution in [2.75, 3.05) is 6.61 Å². The third kappa shape index (κ3) is 6.64. The topological polar surface area (TPSA) is 35.5 Å². The van der Waals surface area contributed by atoms with Gasteiger partial charge in [-0.25, -0.2) is 4.79 Å². The van der Waals surface area contributed by atoms with Gasteiger partial charge >= 0.3 is 12.1 Å². The SMILES string of the molecule is C=CC.CCOC(=O)C1=Cc2ccc(CCC3CCCCC3)cc2OC1C(F)(F)F. The van der Waals surface area contributed by atoms with Crippen LogP contribution in [0, 0.1) is 5.92 Å². The predicted octanol–water partition coefficient (Wildman–Crippen LogP) is 6.66. The molecular weight excluding hydrogens is 393 g/mol. The monoisotopic (exact) mass is 424 g/mol. The van der Waals surface area contributed by atoms with Crippen molar-refractivity contribution in [3.8, 4) is 5.75 Å². The largest absolute Gasteiger partial charge is 0.475 e. The summed E-state index contributed by atoms with van der Waals surface area (Å²) in [6.45, 7) is 6.81. The summed E-state index contributed by atoms with van der Waals surface area (Å²) in [4.78, 5) is 11.9. The molecule has 1 unspecified atom stereocenters. The molecule has 3 nitrogen and oxygen atoms in total. The molecule has 0 N–H and O–H groups in total. The second-order valence-electron chi connectivity index (χ2n) is 7.68. The van der Waals surface area contributed by atoms with Crippen LogP contribution in [0.3, 0.4) is 0 Å². The van der Waals surface area contributed by atoms with Gasteiger partial charge in [0, 0.05) is 5.56 Å². The lowest BCUT2D eigenvalue weighted by molar-refractivity contribution is -0.187. The molecule has 0 amide bonds. The molecule has 30 heavy (non-hydrogen) atoms. The number of halogens is 3. The Morgan fingerprint density at radius 3 is 2.53 bits per heavy atom. The third-order valence-electron chi connectivity index (χ3n) is 5.29. The van der Waals surface area contributed by atoms with Gasteiger partial charge in [-0.05, 0) is 50.3 Å². The maximum Gasteiger partial charge on any atom is 0.430 e. The van der Waals surface area contributed by atoms with E-state index in [1.54, 1.807) is 25.1 Å². The minimum Gasteiger partial charge on any atom is -0.475 e. The number of benzene rings is 1. The average Bonchev–Trinajstić information content (AvgIpc) is 2.72. The van der Waals surface area contributed by atoms with Gasteiger partial charge in [-0.1, -0.05) is 50.3 Å². The Balaban J connectivity index is 0.00000101. The molecule has 3 rings (SSSR count). The van der Waals surface area contributed by atoms with E-state index in [0.29, 0.717) is 11.5 Å². The van der Waals surface area contributed by atoms with E-state index >= 15 is 0 Å². The van der Waals surface area contributed by atoms with Crippen molar-refractivity contribution >= 4 is 12.0 Å². The number of carbonyl (C=O) groups is 1. The van der Waals surface area contributed by atoms with Crippen LogP contribution in [-0.2, 0) is 16.0 Å². The summed E-state index contributed by atoms with van der Waals surface area (Å²) in [5.41, 5.74) is 0.931. The van der Waals surface area contributed by atoms with Gasteiger partial charge in [-0.2, -0.15) is 13.2 Å². The van der Waals surface area contributed by atoms with E-state index < -0.39 is 23.8 Å². The molecule has 1 saturated carbocycles.